The molecule has 1 aromatic rings. The minimum Gasteiger partial charge on any atom is -0.398 e. The first-order valence-electron chi connectivity index (χ1n) is 6.84. The van der Waals surface area contributed by atoms with Gasteiger partial charge in [-0.25, -0.2) is 0 Å². The SMILES string of the molecule is CC1=CCC(C(C)(O)CSc2ccccc2N)CC1. The Labute approximate surface area is 120 Å². The average molecular weight is 277 g/mol. The van der Waals surface area contributed by atoms with E-state index in [-0.39, 0.29) is 0 Å². The molecule has 0 amide bonds. The van der Waals surface area contributed by atoms with Crippen LogP contribution >= 0.6 is 11.8 Å². The number of hydrogen-bond acceptors (Lipinski definition) is 3. The van der Waals surface area contributed by atoms with Gasteiger partial charge < -0.3 is 10.8 Å². The van der Waals surface area contributed by atoms with E-state index in [1.165, 1.54) is 5.57 Å². The summed E-state index contributed by atoms with van der Waals surface area (Å²) in [6.45, 7) is 4.13. The highest BCUT2D eigenvalue weighted by Crippen LogP contribution is 2.36. The number of allylic oxidation sites excluding steroid dienone is 2. The van der Waals surface area contributed by atoms with Gasteiger partial charge in [-0.05, 0) is 51.2 Å². The fraction of sp³-hybridized carbons (Fsp3) is 0.500. The molecule has 104 valence electrons. The van der Waals surface area contributed by atoms with E-state index in [1.807, 2.05) is 31.2 Å². The molecule has 3 N–H and O–H groups in total. The van der Waals surface area contributed by atoms with E-state index in [0.717, 1.165) is 29.8 Å². The quantitative estimate of drug-likeness (QED) is 0.499. The van der Waals surface area contributed by atoms with Crippen LogP contribution in [0.5, 0.6) is 0 Å². The van der Waals surface area contributed by atoms with Gasteiger partial charge in [-0.15, -0.1) is 11.8 Å². The number of rotatable bonds is 4. The first-order valence-corrected chi connectivity index (χ1v) is 7.83. The maximum absolute atomic E-state index is 10.7. The largest absolute Gasteiger partial charge is 0.398 e. The van der Waals surface area contributed by atoms with E-state index in [1.54, 1.807) is 11.8 Å². The van der Waals surface area contributed by atoms with Crippen molar-refractivity contribution < 1.29 is 5.11 Å². The number of hydrogen-bond donors (Lipinski definition) is 2. The van der Waals surface area contributed by atoms with Gasteiger partial charge in [0.1, 0.15) is 0 Å². The molecule has 19 heavy (non-hydrogen) atoms. The molecular weight excluding hydrogens is 254 g/mol. The monoisotopic (exact) mass is 277 g/mol. The van der Waals surface area contributed by atoms with Crippen LogP contribution in [-0.2, 0) is 0 Å². The molecule has 2 atom stereocenters. The maximum atomic E-state index is 10.7. The van der Waals surface area contributed by atoms with Crippen LogP contribution in [0.4, 0.5) is 5.69 Å². The Balaban J connectivity index is 1.96. The molecule has 0 aliphatic heterocycles. The molecule has 0 bridgehead atoms. The second-order valence-electron chi connectivity index (χ2n) is 5.71. The van der Waals surface area contributed by atoms with Gasteiger partial charge in [0.15, 0.2) is 0 Å². The first kappa shape index (κ1) is 14.5. The summed E-state index contributed by atoms with van der Waals surface area (Å²) in [5, 5.41) is 10.7. The zero-order chi connectivity index (χ0) is 13.9. The lowest BCUT2D eigenvalue weighted by atomic mass is 9.80. The van der Waals surface area contributed by atoms with Crippen molar-refractivity contribution in [1.29, 1.82) is 0 Å². The Morgan fingerprint density at radius 3 is 2.79 bits per heavy atom. The van der Waals surface area contributed by atoms with Crippen LogP contribution in [0.3, 0.4) is 0 Å². The highest BCUT2D eigenvalue weighted by molar-refractivity contribution is 7.99. The molecule has 3 heteroatoms. The summed E-state index contributed by atoms with van der Waals surface area (Å²) in [6, 6.07) is 7.84. The van der Waals surface area contributed by atoms with Crippen molar-refractivity contribution in [2.24, 2.45) is 5.92 Å². The predicted molar refractivity (Wildman–Crippen MR) is 83.3 cm³/mol. The topological polar surface area (TPSA) is 46.2 Å². The molecule has 0 aromatic heterocycles. The van der Waals surface area contributed by atoms with Gasteiger partial charge in [0.05, 0.1) is 5.60 Å². The summed E-state index contributed by atoms with van der Waals surface area (Å²) in [4.78, 5) is 1.06. The fourth-order valence-electron chi connectivity index (χ4n) is 2.48. The minimum absolute atomic E-state index is 0.355. The van der Waals surface area contributed by atoms with E-state index in [0.29, 0.717) is 11.7 Å². The summed E-state index contributed by atoms with van der Waals surface area (Å²) in [6.07, 6.45) is 5.45. The molecule has 1 aliphatic rings. The van der Waals surface area contributed by atoms with E-state index >= 15 is 0 Å². The Morgan fingerprint density at radius 2 is 2.16 bits per heavy atom. The maximum Gasteiger partial charge on any atom is 0.0744 e. The lowest BCUT2D eigenvalue weighted by Gasteiger charge is -2.34. The van der Waals surface area contributed by atoms with Crippen molar-refractivity contribution in [3.63, 3.8) is 0 Å². The van der Waals surface area contributed by atoms with Gasteiger partial charge in [0.25, 0.3) is 0 Å². The van der Waals surface area contributed by atoms with Crippen molar-refractivity contribution in [2.75, 3.05) is 11.5 Å². The summed E-state index contributed by atoms with van der Waals surface area (Å²) < 4.78 is 0. The summed E-state index contributed by atoms with van der Waals surface area (Å²) in [5.74, 6) is 1.05. The van der Waals surface area contributed by atoms with Crippen LogP contribution in [0, 0.1) is 5.92 Å². The molecule has 2 rings (SSSR count). The second kappa shape index (κ2) is 6.02. The highest BCUT2D eigenvalue weighted by atomic mass is 32.2. The van der Waals surface area contributed by atoms with E-state index in [4.69, 9.17) is 5.73 Å². The van der Waals surface area contributed by atoms with Crippen molar-refractivity contribution in [3.05, 3.63) is 35.9 Å². The number of nitrogen functional groups attached to an aromatic ring is 1. The second-order valence-corrected chi connectivity index (χ2v) is 6.72. The molecule has 0 radical (unpaired) electrons. The zero-order valence-corrected chi connectivity index (χ0v) is 12.5. The summed E-state index contributed by atoms with van der Waals surface area (Å²) in [5.41, 5.74) is 7.54. The van der Waals surface area contributed by atoms with E-state index in [2.05, 4.69) is 13.0 Å². The number of thioether (sulfide) groups is 1. The standard InChI is InChI=1S/C16H23NOS/c1-12-7-9-13(10-8-12)16(2,18)11-19-15-6-4-3-5-14(15)17/h3-7,13,18H,8-11,17H2,1-2H3. The zero-order valence-electron chi connectivity index (χ0n) is 11.7. The van der Waals surface area contributed by atoms with Gasteiger partial charge in [0, 0.05) is 16.3 Å². The first-order chi connectivity index (χ1) is 8.99. The minimum atomic E-state index is -0.635. The third kappa shape index (κ3) is 3.77. The van der Waals surface area contributed by atoms with Crippen molar-refractivity contribution in [3.8, 4) is 0 Å². The molecule has 0 spiro atoms. The molecule has 1 aliphatic carbocycles. The average Bonchev–Trinajstić information content (AvgIpc) is 2.38. The number of para-hydroxylation sites is 1. The number of benzene rings is 1. The number of nitrogens with two attached hydrogens (primary N) is 1. The Bertz CT molecular complexity index is 468. The Hall–Kier alpha value is -0.930. The Morgan fingerprint density at radius 1 is 1.42 bits per heavy atom. The van der Waals surface area contributed by atoms with Gasteiger partial charge in [-0.2, -0.15) is 0 Å². The van der Waals surface area contributed by atoms with E-state index in [9.17, 15) is 5.11 Å². The highest BCUT2D eigenvalue weighted by Gasteiger charge is 2.32. The molecule has 0 saturated carbocycles. The Kier molecular flexibility index (Phi) is 4.58. The number of anilines is 1. The smallest absolute Gasteiger partial charge is 0.0744 e. The summed E-state index contributed by atoms with van der Waals surface area (Å²) >= 11 is 1.65. The lowest BCUT2D eigenvalue weighted by Crippen LogP contribution is -2.38. The third-order valence-corrected chi connectivity index (χ3v) is 5.37. The molecular formula is C16H23NOS. The van der Waals surface area contributed by atoms with Crippen LogP contribution in [-0.4, -0.2) is 16.5 Å². The molecule has 0 heterocycles. The van der Waals surface area contributed by atoms with Crippen LogP contribution < -0.4 is 5.73 Å². The number of aliphatic hydroxyl groups is 1. The molecule has 2 nitrogen and oxygen atoms in total. The van der Waals surface area contributed by atoms with Gasteiger partial charge in [-0.3, -0.25) is 0 Å². The summed E-state index contributed by atoms with van der Waals surface area (Å²) in [7, 11) is 0. The molecule has 0 saturated heterocycles. The molecule has 1 aromatic carbocycles. The molecule has 2 unspecified atom stereocenters. The van der Waals surface area contributed by atoms with Gasteiger partial charge in [-0.1, -0.05) is 23.8 Å². The van der Waals surface area contributed by atoms with Crippen molar-refractivity contribution in [1.82, 2.24) is 0 Å². The van der Waals surface area contributed by atoms with Crippen LogP contribution in [0.25, 0.3) is 0 Å². The fourth-order valence-corrected chi connectivity index (χ4v) is 3.58. The predicted octanol–water partition coefficient (Wildman–Crippen LogP) is 3.86. The van der Waals surface area contributed by atoms with Crippen LogP contribution in [0.1, 0.15) is 33.1 Å². The van der Waals surface area contributed by atoms with Gasteiger partial charge >= 0.3 is 0 Å². The van der Waals surface area contributed by atoms with Crippen molar-refractivity contribution in [2.45, 2.75) is 43.6 Å². The third-order valence-electron chi connectivity index (χ3n) is 3.96. The van der Waals surface area contributed by atoms with Crippen LogP contribution in [0.2, 0.25) is 0 Å². The van der Waals surface area contributed by atoms with Gasteiger partial charge in [0.2, 0.25) is 0 Å². The van der Waals surface area contributed by atoms with E-state index < -0.39 is 5.60 Å². The van der Waals surface area contributed by atoms with Crippen LogP contribution in [0.15, 0.2) is 40.8 Å². The normalized spacial score (nSPS) is 22.7. The van der Waals surface area contributed by atoms with Crippen molar-refractivity contribution >= 4 is 17.4 Å². The lowest BCUT2D eigenvalue weighted by molar-refractivity contribution is 0.0173. The molecule has 0 fully saturated rings.